The molecule has 1 unspecified atom stereocenters. The predicted octanol–water partition coefficient (Wildman–Crippen LogP) is 3.56. The molecule has 0 aliphatic heterocycles. The first-order chi connectivity index (χ1) is 9.44. The molecule has 0 aliphatic rings. The molecule has 0 heterocycles. The van der Waals surface area contributed by atoms with Gasteiger partial charge in [0, 0.05) is 18.7 Å². The lowest BCUT2D eigenvalue weighted by atomic mass is 9.95. The van der Waals surface area contributed by atoms with E-state index in [1.165, 1.54) is 7.05 Å². The molecule has 0 saturated carbocycles. The fraction of sp³-hybridized carbons (Fsp3) is 0.533. The molecule has 1 aromatic rings. The number of carbonyl (C=O) groups is 1. The second-order valence-electron chi connectivity index (χ2n) is 4.90. The second kappa shape index (κ2) is 7.22. The van der Waals surface area contributed by atoms with E-state index in [1.54, 1.807) is 0 Å². The van der Waals surface area contributed by atoms with E-state index in [0.717, 1.165) is 25.0 Å². The van der Waals surface area contributed by atoms with Crippen molar-refractivity contribution in [3.8, 4) is 0 Å². The van der Waals surface area contributed by atoms with Crippen LogP contribution in [0.3, 0.4) is 0 Å². The third kappa shape index (κ3) is 3.68. The Morgan fingerprint density at radius 2 is 1.70 bits per heavy atom. The Labute approximate surface area is 118 Å². The molecule has 5 heteroatoms. The SMILES string of the molecule is CCC(CC)C(C)NC(=O)c1cc(F)c(NC)c(F)c1. The number of amides is 1. The van der Waals surface area contributed by atoms with Crippen LogP contribution in [0.25, 0.3) is 0 Å². The number of halogens is 2. The Balaban J connectivity index is 2.88. The maximum Gasteiger partial charge on any atom is 0.251 e. The molecular weight excluding hydrogens is 262 g/mol. The van der Waals surface area contributed by atoms with Crippen molar-refractivity contribution < 1.29 is 13.6 Å². The molecule has 0 fully saturated rings. The minimum atomic E-state index is -0.771. The molecule has 0 saturated heterocycles. The summed E-state index contributed by atoms with van der Waals surface area (Å²) < 4.78 is 27.2. The maximum atomic E-state index is 13.6. The first kappa shape index (κ1) is 16.4. The number of rotatable bonds is 6. The lowest BCUT2D eigenvalue weighted by Gasteiger charge is -2.22. The van der Waals surface area contributed by atoms with Crippen molar-refractivity contribution in [3.05, 3.63) is 29.3 Å². The summed E-state index contributed by atoms with van der Waals surface area (Å²) in [6, 6.07) is 2.06. The van der Waals surface area contributed by atoms with Gasteiger partial charge in [0.15, 0.2) is 0 Å². The van der Waals surface area contributed by atoms with E-state index in [1.807, 2.05) is 6.92 Å². The van der Waals surface area contributed by atoms with E-state index in [0.29, 0.717) is 5.92 Å². The first-order valence-corrected chi connectivity index (χ1v) is 6.92. The van der Waals surface area contributed by atoms with Crippen molar-refractivity contribution in [2.75, 3.05) is 12.4 Å². The third-order valence-electron chi connectivity index (χ3n) is 3.67. The van der Waals surface area contributed by atoms with Crippen LogP contribution in [0.2, 0.25) is 0 Å². The quantitative estimate of drug-likeness (QED) is 0.838. The van der Waals surface area contributed by atoms with Crippen molar-refractivity contribution in [2.45, 2.75) is 39.7 Å². The average molecular weight is 284 g/mol. The van der Waals surface area contributed by atoms with Gasteiger partial charge in [-0.05, 0) is 25.0 Å². The highest BCUT2D eigenvalue weighted by atomic mass is 19.1. The van der Waals surface area contributed by atoms with E-state index in [2.05, 4.69) is 24.5 Å². The fourth-order valence-corrected chi connectivity index (χ4v) is 2.35. The lowest BCUT2D eigenvalue weighted by molar-refractivity contribution is 0.0924. The summed E-state index contributed by atoms with van der Waals surface area (Å²) in [5.41, 5.74) is -0.230. The highest BCUT2D eigenvalue weighted by molar-refractivity contribution is 5.94. The van der Waals surface area contributed by atoms with Crippen LogP contribution in [0, 0.1) is 17.6 Å². The van der Waals surface area contributed by atoms with Gasteiger partial charge in [-0.3, -0.25) is 4.79 Å². The fourth-order valence-electron chi connectivity index (χ4n) is 2.35. The minimum absolute atomic E-state index is 0.00296. The molecule has 0 bridgehead atoms. The van der Waals surface area contributed by atoms with Crippen LogP contribution in [0.15, 0.2) is 12.1 Å². The molecule has 3 nitrogen and oxygen atoms in total. The predicted molar refractivity (Wildman–Crippen MR) is 76.9 cm³/mol. The number of hydrogen-bond acceptors (Lipinski definition) is 2. The van der Waals surface area contributed by atoms with E-state index in [4.69, 9.17) is 0 Å². The van der Waals surface area contributed by atoms with Crippen LogP contribution >= 0.6 is 0 Å². The molecule has 1 atom stereocenters. The summed E-state index contributed by atoms with van der Waals surface area (Å²) in [5.74, 6) is -1.64. The summed E-state index contributed by atoms with van der Waals surface area (Å²) in [5, 5.41) is 5.22. The highest BCUT2D eigenvalue weighted by Crippen LogP contribution is 2.20. The Morgan fingerprint density at radius 1 is 1.20 bits per heavy atom. The van der Waals surface area contributed by atoms with E-state index in [-0.39, 0.29) is 17.3 Å². The normalized spacial score (nSPS) is 12.3. The van der Waals surface area contributed by atoms with E-state index >= 15 is 0 Å². The largest absolute Gasteiger partial charge is 0.383 e. The number of anilines is 1. The summed E-state index contributed by atoms with van der Waals surface area (Å²) >= 11 is 0. The zero-order valence-electron chi connectivity index (χ0n) is 12.4. The Bertz CT molecular complexity index is 450. The molecule has 0 spiro atoms. The zero-order chi connectivity index (χ0) is 15.3. The molecule has 0 radical (unpaired) electrons. The standard InChI is InChI=1S/C15H22F2N2O/c1-5-10(6-2)9(3)19-15(20)11-7-12(16)14(18-4)13(17)8-11/h7-10,18H,5-6H2,1-4H3,(H,19,20). The zero-order valence-corrected chi connectivity index (χ0v) is 12.4. The molecule has 1 amide bonds. The number of benzene rings is 1. The number of carbonyl (C=O) groups excluding carboxylic acids is 1. The number of nitrogens with one attached hydrogen (secondary N) is 2. The van der Waals surface area contributed by atoms with Crippen molar-refractivity contribution in [1.82, 2.24) is 5.32 Å². The molecule has 20 heavy (non-hydrogen) atoms. The molecule has 0 aliphatic carbocycles. The summed E-state index contributed by atoms with van der Waals surface area (Å²) in [4.78, 5) is 12.0. The minimum Gasteiger partial charge on any atom is -0.383 e. The van der Waals surface area contributed by atoms with Gasteiger partial charge in [0.25, 0.3) is 5.91 Å². The van der Waals surface area contributed by atoms with Gasteiger partial charge in [-0.15, -0.1) is 0 Å². The van der Waals surface area contributed by atoms with Crippen molar-refractivity contribution in [2.24, 2.45) is 5.92 Å². The maximum absolute atomic E-state index is 13.6. The number of hydrogen-bond donors (Lipinski definition) is 2. The van der Waals surface area contributed by atoms with Gasteiger partial charge in [-0.2, -0.15) is 0 Å². The molecule has 0 aromatic heterocycles. The lowest BCUT2D eigenvalue weighted by Crippen LogP contribution is -2.37. The summed E-state index contributed by atoms with van der Waals surface area (Å²) in [6.07, 6.45) is 1.89. The van der Waals surface area contributed by atoms with Gasteiger partial charge in [0.2, 0.25) is 0 Å². The van der Waals surface area contributed by atoms with Crippen LogP contribution in [0.1, 0.15) is 44.0 Å². The van der Waals surface area contributed by atoms with Gasteiger partial charge >= 0.3 is 0 Å². The highest BCUT2D eigenvalue weighted by Gasteiger charge is 2.19. The van der Waals surface area contributed by atoms with Gasteiger partial charge in [0.1, 0.15) is 17.3 Å². The topological polar surface area (TPSA) is 41.1 Å². The Hall–Kier alpha value is -1.65. The van der Waals surface area contributed by atoms with E-state index in [9.17, 15) is 13.6 Å². The van der Waals surface area contributed by atoms with Crippen LogP contribution in [0.4, 0.5) is 14.5 Å². The van der Waals surface area contributed by atoms with Gasteiger partial charge in [-0.25, -0.2) is 8.78 Å². The van der Waals surface area contributed by atoms with Crippen molar-refractivity contribution >= 4 is 11.6 Å². The average Bonchev–Trinajstić information content (AvgIpc) is 2.39. The van der Waals surface area contributed by atoms with Crippen LogP contribution in [-0.4, -0.2) is 19.0 Å². The van der Waals surface area contributed by atoms with Crippen LogP contribution < -0.4 is 10.6 Å². The summed E-state index contributed by atoms with van der Waals surface area (Å²) in [6.45, 7) is 6.01. The van der Waals surface area contributed by atoms with E-state index < -0.39 is 17.5 Å². The first-order valence-electron chi connectivity index (χ1n) is 6.92. The second-order valence-corrected chi connectivity index (χ2v) is 4.90. The smallest absolute Gasteiger partial charge is 0.251 e. The van der Waals surface area contributed by atoms with Crippen LogP contribution in [0.5, 0.6) is 0 Å². The van der Waals surface area contributed by atoms with Gasteiger partial charge in [0.05, 0.1) is 0 Å². The van der Waals surface area contributed by atoms with Crippen LogP contribution in [-0.2, 0) is 0 Å². The monoisotopic (exact) mass is 284 g/mol. The van der Waals surface area contributed by atoms with Crippen molar-refractivity contribution in [1.29, 1.82) is 0 Å². The van der Waals surface area contributed by atoms with Crippen molar-refractivity contribution in [3.63, 3.8) is 0 Å². The summed E-state index contributed by atoms with van der Waals surface area (Å²) in [7, 11) is 1.43. The van der Waals surface area contributed by atoms with Gasteiger partial charge < -0.3 is 10.6 Å². The molecule has 1 rings (SSSR count). The molecule has 2 N–H and O–H groups in total. The Morgan fingerprint density at radius 3 is 2.10 bits per heavy atom. The van der Waals surface area contributed by atoms with Gasteiger partial charge in [-0.1, -0.05) is 26.7 Å². The molecule has 1 aromatic carbocycles. The third-order valence-corrected chi connectivity index (χ3v) is 3.67. The molecule has 112 valence electrons. The molecular formula is C15H22F2N2O. The Kier molecular flexibility index (Phi) is 5.92.